The molecule has 1 amide bonds. The zero-order chi connectivity index (χ0) is 13.1. The van der Waals surface area contributed by atoms with E-state index in [1.54, 1.807) is 0 Å². The van der Waals surface area contributed by atoms with Crippen LogP contribution in [0.2, 0.25) is 0 Å². The zero-order valence-electron chi connectivity index (χ0n) is 11.6. The van der Waals surface area contributed by atoms with Gasteiger partial charge in [-0.25, -0.2) is 0 Å². The molecule has 1 aliphatic heterocycles. The van der Waals surface area contributed by atoms with Crippen LogP contribution in [-0.4, -0.2) is 39.9 Å². The first-order valence-electron chi connectivity index (χ1n) is 6.57. The standard InChI is InChI=1S/C13H26N2OS/c1-5-13(14,6-2)11(16)15-8-7-12(3,4)17-10-9-15/h5-10,14H2,1-4H3. The molecule has 3 nitrogen and oxygen atoms in total. The van der Waals surface area contributed by atoms with Gasteiger partial charge >= 0.3 is 0 Å². The van der Waals surface area contributed by atoms with E-state index in [2.05, 4.69) is 13.8 Å². The minimum atomic E-state index is -0.654. The van der Waals surface area contributed by atoms with Crippen molar-refractivity contribution in [2.24, 2.45) is 5.73 Å². The average Bonchev–Trinajstić information content (AvgIpc) is 2.48. The van der Waals surface area contributed by atoms with Crippen molar-refractivity contribution >= 4 is 17.7 Å². The summed E-state index contributed by atoms with van der Waals surface area (Å²) in [5.41, 5.74) is 5.54. The van der Waals surface area contributed by atoms with Gasteiger partial charge in [0.15, 0.2) is 0 Å². The molecule has 0 spiro atoms. The Morgan fingerprint density at radius 1 is 1.35 bits per heavy atom. The summed E-state index contributed by atoms with van der Waals surface area (Å²) in [6, 6.07) is 0. The van der Waals surface area contributed by atoms with Crippen LogP contribution in [0.5, 0.6) is 0 Å². The minimum absolute atomic E-state index is 0.140. The van der Waals surface area contributed by atoms with E-state index in [9.17, 15) is 4.79 Å². The Morgan fingerprint density at radius 2 is 1.94 bits per heavy atom. The van der Waals surface area contributed by atoms with E-state index in [-0.39, 0.29) is 10.7 Å². The predicted molar refractivity (Wildman–Crippen MR) is 75.2 cm³/mol. The summed E-state index contributed by atoms with van der Waals surface area (Å²) < 4.78 is 0.282. The van der Waals surface area contributed by atoms with Crippen LogP contribution in [-0.2, 0) is 4.79 Å². The van der Waals surface area contributed by atoms with Gasteiger partial charge in [-0.15, -0.1) is 0 Å². The van der Waals surface area contributed by atoms with Crippen molar-refractivity contribution in [3.8, 4) is 0 Å². The third kappa shape index (κ3) is 3.62. The molecule has 17 heavy (non-hydrogen) atoms. The summed E-state index contributed by atoms with van der Waals surface area (Å²) in [6.07, 6.45) is 2.48. The van der Waals surface area contributed by atoms with Gasteiger partial charge in [-0.1, -0.05) is 27.7 Å². The smallest absolute Gasteiger partial charge is 0.242 e. The Bertz CT molecular complexity index is 275. The summed E-state index contributed by atoms with van der Waals surface area (Å²) in [5.74, 6) is 1.16. The lowest BCUT2D eigenvalue weighted by molar-refractivity contribution is -0.137. The molecule has 0 aromatic rings. The molecule has 0 atom stereocenters. The van der Waals surface area contributed by atoms with E-state index in [4.69, 9.17) is 5.73 Å². The van der Waals surface area contributed by atoms with Gasteiger partial charge in [0.25, 0.3) is 0 Å². The highest BCUT2D eigenvalue weighted by Gasteiger charge is 2.35. The average molecular weight is 258 g/mol. The van der Waals surface area contributed by atoms with Gasteiger partial charge in [0.2, 0.25) is 5.91 Å². The van der Waals surface area contributed by atoms with Crippen molar-refractivity contribution in [1.82, 2.24) is 4.90 Å². The largest absolute Gasteiger partial charge is 0.340 e. The van der Waals surface area contributed by atoms with Crippen LogP contribution in [0.25, 0.3) is 0 Å². The van der Waals surface area contributed by atoms with Crippen LogP contribution in [0.15, 0.2) is 0 Å². The number of hydrogen-bond donors (Lipinski definition) is 1. The fourth-order valence-corrected chi connectivity index (χ4v) is 3.19. The maximum Gasteiger partial charge on any atom is 0.242 e. The summed E-state index contributed by atoms with van der Waals surface area (Å²) in [6.45, 7) is 10.2. The number of hydrogen-bond acceptors (Lipinski definition) is 3. The minimum Gasteiger partial charge on any atom is -0.340 e. The summed E-state index contributed by atoms with van der Waals surface area (Å²) in [4.78, 5) is 14.4. The summed E-state index contributed by atoms with van der Waals surface area (Å²) >= 11 is 1.95. The lowest BCUT2D eigenvalue weighted by Gasteiger charge is -2.32. The molecule has 1 saturated heterocycles. The first kappa shape index (κ1) is 14.8. The van der Waals surface area contributed by atoms with Crippen LogP contribution in [0.4, 0.5) is 0 Å². The van der Waals surface area contributed by atoms with Gasteiger partial charge in [0.1, 0.15) is 0 Å². The summed E-state index contributed by atoms with van der Waals surface area (Å²) in [7, 11) is 0. The van der Waals surface area contributed by atoms with Crippen molar-refractivity contribution in [3.05, 3.63) is 0 Å². The molecular formula is C13H26N2OS. The van der Waals surface area contributed by atoms with E-state index in [0.717, 1.165) is 38.1 Å². The van der Waals surface area contributed by atoms with Crippen molar-refractivity contribution in [2.45, 2.75) is 57.2 Å². The van der Waals surface area contributed by atoms with Crippen LogP contribution in [0.1, 0.15) is 47.0 Å². The number of thioether (sulfide) groups is 1. The molecule has 1 heterocycles. The second-order valence-corrected chi connectivity index (χ2v) is 7.32. The Morgan fingerprint density at radius 3 is 2.47 bits per heavy atom. The van der Waals surface area contributed by atoms with Crippen molar-refractivity contribution in [3.63, 3.8) is 0 Å². The molecule has 2 N–H and O–H groups in total. The maximum atomic E-state index is 12.4. The molecule has 4 heteroatoms. The van der Waals surface area contributed by atoms with Crippen molar-refractivity contribution in [2.75, 3.05) is 18.8 Å². The van der Waals surface area contributed by atoms with Gasteiger partial charge in [0, 0.05) is 23.6 Å². The lowest BCUT2D eigenvalue weighted by atomic mass is 9.92. The third-order valence-electron chi connectivity index (χ3n) is 3.81. The molecule has 1 rings (SSSR count). The highest BCUT2D eigenvalue weighted by Crippen LogP contribution is 2.31. The predicted octanol–water partition coefficient (Wildman–Crippen LogP) is 2.25. The number of rotatable bonds is 3. The second-order valence-electron chi connectivity index (χ2n) is 5.51. The van der Waals surface area contributed by atoms with Gasteiger partial charge in [-0.3, -0.25) is 4.79 Å². The number of nitrogens with two attached hydrogens (primary N) is 1. The van der Waals surface area contributed by atoms with Crippen molar-refractivity contribution in [1.29, 1.82) is 0 Å². The number of amides is 1. The monoisotopic (exact) mass is 258 g/mol. The topological polar surface area (TPSA) is 46.3 Å². The van der Waals surface area contributed by atoms with Crippen molar-refractivity contribution < 1.29 is 4.79 Å². The molecule has 1 fully saturated rings. The molecule has 1 aliphatic rings. The highest BCUT2D eigenvalue weighted by atomic mass is 32.2. The normalized spacial score (nSPS) is 21.1. The molecular weight excluding hydrogens is 232 g/mol. The lowest BCUT2D eigenvalue weighted by Crippen LogP contribution is -2.55. The first-order chi connectivity index (χ1) is 7.84. The quantitative estimate of drug-likeness (QED) is 0.844. The SMILES string of the molecule is CCC(N)(CC)C(=O)N1CCSC(C)(C)CC1. The summed E-state index contributed by atoms with van der Waals surface area (Å²) in [5, 5.41) is 0. The Balaban J connectivity index is 2.70. The van der Waals surface area contributed by atoms with E-state index >= 15 is 0 Å². The van der Waals surface area contributed by atoms with Crippen LogP contribution >= 0.6 is 11.8 Å². The van der Waals surface area contributed by atoms with Gasteiger partial charge in [-0.05, 0) is 19.3 Å². The molecule has 0 aliphatic carbocycles. The fraction of sp³-hybridized carbons (Fsp3) is 0.923. The zero-order valence-corrected chi connectivity index (χ0v) is 12.4. The molecule has 0 saturated carbocycles. The molecule has 100 valence electrons. The molecule has 0 aromatic carbocycles. The van der Waals surface area contributed by atoms with E-state index in [1.165, 1.54) is 0 Å². The fourth-order valence-electron chi connectivity index (χ4n) is 2.09. The first-order valence-corrected chi connectivity index (χ1v) is 7.55. The molecule has 0 aromatic heterocycles. The third-order valence-corrected chi connectivity index (χ3v) is 5.19. The highest BCUT2D eigenvalue weighted by molar-refractivity contribution is 8.00. The van der Waals surface area contributed by atoms with Gasteiger partial charge in [-0.2, -0.15) is 11.8 Å². The number of carbonyl (C=O) groups excluding carboxylic acids is 1. The molecule has 0 radical (unpaired) electrons. The molecule has 0 bridgehead atoms. The maximum absolute atomic E-state index is 12.4. The van der Waals surface area contributed by atoms with Gasteiger partial charge in [0.05, 0.1) is 5.54 Å². The second kappa shape index (κ2) is 5.61. The Labute approximate surface area is 109 Å². The Hall–Kier alpha value is -0.220. The van der Waals surface area contributed by atoms with E-state index in [1.807, 2.05) is 30.5 Å². The number of nitrogens with zero attached hydrogens (tertiary/aromatic N) is 1. The van der Waals surface area contributed by atoms with Crippen LogP contribution in [0.3, 0.4) is 0 Å². The van der Waals surface area contributed by atoms with E-state index < -0.39 is 5.54 Å². The number of carbonyl (C=O) groups is 1. The molecule has 0 unspecified atom stereocenters. The van der Waals surface area contributed by atoms with Crippen LogP contribution in [0, 0.1) is 0 Å². The van der Waals surface area contributed by atoms with Gasteiger partial charge < -0.3 is 10.6 Å². The van der Waals surface area contributed by atoms with Crippen LogP contribution < -0.4 is 5.73 Å². The van der Waals surface area contributed by atoms with E-state index in [0.29, 0.717) is 0 Å². The Kier molecular flexibility index (Phi) is 4.90.